The monoisotopic (exact) mass is 783 g/mol. The van der Waals surface area contributed by atoms with Gasteiger partial charge in [0.15, 0.2) is 0 Å². The second-order valence-electron chi connectivity index (χ2n) is 16.2. The maximum atomic E-state index is 14.7. The first-order valence-corrected chi connectivity index (χ1v) is 21.7. The summed E-state index contributed by atoms with van der Waals surface area (Å²) in [4.78, 5) is 30.2. The van der Waals surface area contributed by atoms with Crippen LogP contribution in [0.5, 0.6) is 5.75 Å². The molecule has 1 saturated carbocycles. The van der Waals surface area contributed by atoms with Crippen molar-refractivity contribution in [1.82, 2.24) is 24.0 Å². The van der Waals surface area contributed by atoms with E-state index in [0.717, 1.165) is 83.3 Å². The van der Waals surface area contributed by atoms with Crippen molar-refractivity contribution in [3.05, 3.63) is 70.5 Å². The molecule has 13 heteroatoms. The van der Waals surface area contributed by atoms with Gasteiger partial charge in [0.2, 0.25) is 10.0 Å². The summed E-state index contributed by atoms with van der Waals surface area (Å²) in [6, 6.07) is 11.8. The van der Waals surface area contributed by atoms with Crippen LogP contribution in [0.2, 0.25) is 0 Å². The van der Waals surface area contributed by atoms with E-state index in [1.165, 1.54) is 12.0 Å². The lowest BCUT2D eigenvalue weighted by Crippen LogP contribution is -2.48. The first-order chi connectivity index (χ1) is 26.9. The summed E-state index contributed by atoms with van der Waals surface area (Å²) >= 11 is 0. The molecule has 0 radical (unpaired) electrons. The van der Waals surface area contributed by atoms with Crippen molar-refractivity contribution in [3.8, 4) is 17.0 Å². The zero-order valence-corrected chi connectivity index (χ0v) is 33.9. The molecule has 2 aromatic carbocycles. The number of carbonyl (C=O) groups is 2. The normalized spacial score (nSPS) is 21.0. The molecule has 1 aliphatic carbocycles. The average molecular weight is 784 g/mol. The Kier molecular flexibility index (Phi) is 10.6. The van der Waals surface area contributed by atoms with Crippen LogP contribution >= 0.6 is 0 Å². The molecule has 0 spiro atoms. The number of rotatable bonds is 8. The van der Waals surface area contributed by atoms with Crippen molar-refractivity contribution in [1.29, 1.82) is 0 Å². The summed E-state index contributed by atoms with van der Waals surface area (Å²) in [6.07, 6.45) is 10.8. The van der Waals surface area contributed by atoms with Crippen LogP contribution in [0.4, 0.5) is 0 Å². The highest BCUT2D eigenvalue weighted by atomic mass is 32.2. The van der Waals surface area contributed by atoms with Crippen molar-refractivity contribution >= 4 is 44.4 Å². The SMILES string of the molecule is COc1ccc2c(c1)C=C(c1c(C(=O)N3C[C@@H](C)O[C@@H](C)C3)cnn1C1CCOCC1)Cn1c-2c(C2CCCCC2)c2ccc(C(=O)NS(=O)(=O)C(C)C)cc21. The Morgan fingerprint density at radius 1 is 0.946 bits per heavy atom. The Bertz CT molecular complexity index is 2290. The first-order valence-electron chi connectivity index (χ1n) is 20.1. The number of hydrogen-bond acceptors (Lipinski definition) is 8. The van der Waals surface area contributed by atoms with Crippen LogP contribution in [0.3, 0.4) is 0 Å². The Labute approximate surface area is 329 Å². The van der Waals surface area contributed by atoms with E-state index in [1.54, 1.807) is 33.2 Å². The van der Waals surface area contributed by atoms with Crippen LogP contribution in [-0.2, 0) is 26.0 Å². The summed E-state index contributed by atoms with van der Waals surface area (Å²) < 4.78 is 49.8. The van der Waals surface area contributed by atoms with E-state index in [2.05, 4.69) is 27.5 Å². The zero-order valence-electron chi connectivity index (χ0n) is 33.0. The Morgan fingerprint density at radius 2 is 1.68 bits per heavy atom. The minimum absolute atomic E-state index is 0.0358. The van der Waals surface area contributed by atoms with Gasteiger partial charge in [-0.25, -0.2) is 13.1 Å². The topological polar surface area (TPSA) is 134 Å². The van der Waals surface area contributed by atoms with Gasteiger partial charge >= 0.3 is 0 Å². The van der Waals surface area contributed by atoms with Gasteiger partial charge in [0, 0.05) is 48.3 Å². The molecule has 3 aliphatic heterocycles. The number of amides is 2. The van der Waals surface area contributed by atoms with E-state index >= 15 is 0 Å². The molecule has 3 fully saturated rings. The van der Waals surface area contributed by atoms with Gasteiger partial charge in [-0.2, -0.15) is 5.10 Å². The van der Waals surface area contributed by atoms with E-state index in [-0.39, 0.29) is 29.7 Å². The molecule has 12 nitrogen and oxygen atoms in total. The van der Waals surface area contributed by atoms with Crippen LogP contribution in [0.15, 0.2) is 42.6 Å². The molecule has 2 saturated heterocycles. The Balaban J connectivity index is 1.36. The van der Waals surface area contributed by atoms with Gasteiger partial charge in [0.05, 0.1) is 60.3 Å². The summed E-state index contributed by atoms with van der Waals surface area (Å²) in [5.41, 5.74) is 7.64. The number of morpholine rings is 1. The highest BCUT2D eigenvalue weighted by molar-refractivity contribution is 7.90. The lowest BCUT2D eigenvalue weighted by Gasteiger charge is -2.35. The molecule has 4 aromatic rings. The van der Waals surface area contributed by atoms with Crippen molar-refractivity contribution in [3.63, 3.8) is 0 Å². The lowest BCUT2D eigenvalue weighted by atomic mass is 9.81. The van der Waals surface area contributed by atoms with E-state index in [9.17, 15) is 18.0 Å². The lowest BCUT2D eigenvalue weighted by molar-refractivity contribution is -0.0586. The zero-order chi connectivity index (χ0) is 39.3. The van der Waals surface area contributed by atoms with E-state index < -0.39 is 21.2 Å². The molecule has 2 amide bonds. The van der Waals surface area contributed by atoms with Gasteiger partial charge in [0.25, 0.3) is 11.8 Å². The van der Waals surface area contributed by atoms with Gasteiger partial charge in [-0.05, 0) is 112 Å². The van der Waals surface area contributed by atoms with E-state index in [0.29, 0.717) is 44.3 Å². The fraction of sp³-hybridized carbons (Fsp3) is 0.512. The van der Waals surface area contributed by atoms with Crippen LogP contribution in [0.1, 0.15) is 122 Å². The van der Waals surface area contributed by atoms with Crippen LogP contribution in [0, 0.1) is 0 Å². The number of ether oxygens (including phenoxy) is 3. The number of nitrogens with zero attached hydrogens (tertiary/aromatic N) is 4. The third kappa shape index (κ3) is 7.18. The molecule has 298 valence electrons. The van der Waals surface area contributed by atoms with Crippen LogP contribution in [-0.4, -0.2) is 90.4 Å². The van der Waals surface area contributed by atoms with Crippen LogP contribution < -0.4 is 9.46 Å². The van der Waals surface area contributed by atoms with E-state index in [4.69, 9.17) is 19.3 Å². The predicted octanol–water partition coefficient (Wildman–Crippen LogP) is 7.18. The van der Waals surface area contributed by atoms with Crippen molar-refractivity contribution in [2.75, 3.05) is 33.4 Å². The number of fused-ring (bicyclic) bond motifs is 5. The van der Waals surface area contributed by atoms with Gasteiger partial charge in [-0.15, -0.1) is 0 Å². The summed E-state index contributed by atoms with van der Waals surface area (Å²) in [5.74, 6) is 0.278. The molecule has 8 rings (SSSR count). The fourth-order valence-corrected chi connectivity index (χ4v) is 9.80. The number of allylic oxidation sites excluding steroid dienone is 1. The second-order valence-corrected chi connectivity index (χ2v) is 18.5. The molecule has 1 N–H and O–H groups in total. The highest BCUT2D eigenvalue weighted by Gasteiger charge is 2.35. The third-order valence-corrected chi connectivity index (χ3v) is 13.7. The summed E-state index contributed by atoms with van der Waals surface area (Å²) in [5, 5.41) is 5.25. The number of aromatic nitrogens is 3. The average Bonchev–Trinajstić information content (AvgIpc) is 3.72. The van der Waals surface area contributed by atoms with Crippen molar-refractivity contribution in [2.45, 2.75) is 109 Å². The number of sulfonamides is 1. The number of carbonyl (C=O) groups excluding carboxylic acids is 2. The fourth-order valence-electron chi connectivity index (χ4n) is 9.19. The third-order valence-electron chi connectivity index (χ3n) is 12.0. The maximum Gasteiger partial charge on any atom is 0.264 e. The van der Waals surface area contributed by atoms with E-state index in [1.807, 2.05) is 41.6 Å². The molecule has 5 heterocycles. The largest absolute Gasteiger partial charge is 0.497 e. The van der Waals surface area contributed by atoms with Crippen LogP contribution in [0.25, 0.3) is 33.8 Å². The number of hydrogen-bond donors (Lipinski definition) is 1. The van der Waals surface area contributed by atoms with Gasteiger partial charge in [-0.3, -0.25) is 14.3 Å². The Morgan fingerprint density at radius 3 is 2.38 bits per heavy atom. The second kappa shape index (κ2) is 15.5. The number of benzene rings is 2. The predicted molar refractivity (Wildman–Crippen MR) is 216 cm³/mol. The molecule has 0 bridgehead atoms. The number of methoxy groups -OCH3 is 1. The highest BCUT2D eigenvalue weighted by Crippen LogP contribution is 2.48. The molecule has 2 aromatic heterocycles. The van der Waals surface area contributed by atoms with Gasteiger partial charge < -0.3 is 23.7 Å². The maximum absolute atomic E-state index is 14.7. The summed E-state index contributed by atoms with van der Waals surface area (Å²) in [7, 11) is -2.19. The first kappa shape index (κ1) is 38.4. The molecular weight excluding hydrogens is 731 g/mol. The molecule has 56 heavy (non-hydrogen) atoms. The van der Waals surface area contributed by atoms with Crippen molar-refractivity contribution < 1.29 is 32.2 Å². The standard InChI is InChI=1S/C43H53N5O7S/c1-26(2)56(51,52)45-42(49)30-11-13-36-38(21-30)47-25-32(19-31-20-34(53-5)12-14-35(31)41(47)39(36)29-9-7-6-8-10-29)40-37(22-44-48(40)33-15-17-54-18-16-33)43(50)46-23-27(3)55-28(4)24-46/h11-14,19-22,26-29,33H,6-10,15-18,23-25H2,1-5H3,(H,45,49)/t27-,28+. The quantitative estimate of drug-likeness (QED) is 0.199. The Hall–Kier alpha value is -4.46. The molecule has 4 aliphatic rings. The smallest absolute Gasteiger partial charge is 0.264 e. The molecular formula is C43H53N5O7S. The number of nitrogens with one attached hydrogen (secondary N) is 1. The molecule has 0 unspecified atom stereocenters. The van der Waals surface area contributed by atoms with Crippen molar-refractivity contribution in [2.24, 2.45) is 0 Å². The minimum atomic E-state index is -3.85. The molecule has 2 atom stereocenters. The summed E-state index contributed by atoms with van der Waals surface area (Å²) in [6.45, 7) is 9.66. The van der Waals surface area contributed by atoms with Gasteiger partial charge in [-0.1, -0.05) is 25.3 Å². The minimum Gasteiger partial charge on any atom is -0.497 e. The van der Waals surface area contributed by atoms with Gasteiger partial charge in [0.1, 0.15) is 5.75 Å².